The van der Waals surface area contributed by atoms with Crippen molar-refractivity contribution in [3.8, 4) is 0 Å². The highest BCUT2D eigenvalue weighted by molar-refractivity contribution is 5.23. The van der Waals surface area contributed by atoms with E-state index in [0.29, 0.717) is 11.3 Å². The van der Waals surface area contributed by atoms with Gasteiger partial charge in [0, 0.05) is 5.56 Å². The summed E-state index contributed by atoms with van der Waals surface area (Å²) in [6, 6.07) is 0. The maximum atomic E-state index is 11.2. The number of aromatic amines is 2. The van der Waals surface area contributed by atoms with Crippen LogP contribution in [-0.4, -0.2) is 15.3 Å². The van der Waals surface area contributed by atoms with Crippen molar-refractivity contribution in [2.45, 2.75) is 32.8 Å². The summed E-state index contributed by atoms with van der Waals surface area (Å²) < 4.78 is 0. The molecule has 3 N–H and O–H groups in total. The van der Waals surface area contributed by atoms with Crippen molar-refractivity contribution in [3.05, 3.63) is 21.6 Å². The molecule has 4 nitrogen and oxygen atoms in total. The van der Waals surface area contributed by atoms with Gasteiger partial charge in [-0.2, -0.15) is 0 Å². The lowest BCUT2D eigenvalue weighted by atomic mass is 9.87. The second-order valence-corrected chi connectivity index (χ2v) is 3.84. The lowest BCUT2D eigenvalue weighted by Gasteiger charge is -2.16. The third-order valence-corrected chi connectivity index (χ3v) is 1.76. The van der Waals surface area contributed by atoms with E-state index in [2.05, 4.69) is 10.2 Å². The molecule has 0 radical (unpaired) electrons. The molecule has 0 spiro atoms. The summed E-state index contributed by atoms with van der Waals surface area (Å²) in [4.78, 5) is 11.2. The quantitative estimate of drug-likeness (QED) is 0.574. The Labute approximate surface area is 70.6 Å². The molecule has 0 saturated heterocycles. The molecule has 0 aliphatic heterocycles. The minimum Gasteiger partial charge on any atom is -0.390 e. The highest BCUT2D eigenvalue weighted by atomic mass is 16.3. The van der Waals surface area contributed by atoms with Crippen molar-refractivity contribution in [1.29, 1.82) is 0 Å². The average Bonchev–Trinajstić information content (AvgIpc) is 2.29. The molecule has 0 saturated carbocycles. The summed E-state index contributed by atoms with van der Waals surface area (Å²) in [5, 5.41) is 14.0. The fourth-order valence-electron chi connectivity index (χ4n) is 1.31. The zero-order chi connectivity index (χ0) is 9.35. The second kappa shape index (κ2) is 2.79. The van der Waals surface area contributed by atoms with Gasteiger partial charge in [-0.3, -0.25) is 15.0 Å². The molecule has 12 heavy (non-hydrogen) atoms. The molecule has 0 aliphatic rings. The second-order valence-electron chi connectivity index (χ2n) is 3.84. The van der Waals surface area contributed by atoms with E-state index in [9.17, 15) is 4.79 Å². The van der Waals surface area contributed by atoms with E-state index in [1.807, 2.05) is 20.8 Å². The highest BCUT2D eigenvalue weighted by Gasteiger charge is 2.22. The van der Waals surface area contributed by atoms with Gasteiger partial charge in [0.1, 0.15) is 0 Å². The number of aliphatic hydroxyl groups is 1. The molecule has 0 amide bonds. The van der Waals surface area contributed by atoms with Crippen molar-refractivity contribution in [3.63, 3.8) is 0 Å². The van der Waals surface area contributed by atoms with Crippen LogP contribution in [-0.2, 0) is 12.0 Å². The molecule has 1 rings (SSSR count). The van der Waals surface area contributed by atoms with Crippen LogP contribution in [0.25, 0.3) is 0 Å². The Hall–Kier alpha value is -1.03. The van der Waals surface area contributed by atoms with Gasteiger partial charge >= 0.3 is 0 Å². The molecule has 0 bridgehead atoms. The zero-order valence-corrected chi connectivity index (χ0v) is 7.56. The molecular weight excluding hydrogens is 156 g/mol. The fourth-order valence-corrected chi connectivity index (χ4v) is 1.31. The van der Waals surface area contributed by atoms with Crippen LogP contribution in [0.1, 0.15) is 32.0 Å². The number of aliphatic hydroxyl groups excluding tert-OH is 1. The Morgan fingerprint density at radius 3 is 2.25 bits per heavy atom. The van der Waals surface area contributed by atoms with Gasteiger partial charge in [-0.1, -0.05) is 20.8 Å². The van der Waals surface area contributed by atoms with Crippen LogP contribution in [0.15, 0.2) is 4.79 Å². The van der Waals surface area contributed by atoms with Crippen LogP contribution < -0.4 is 5.56 Å². The standard InChI is InChI=1S/C8H14N2O2/c1-8(2,3)6-5(4-11)9-10-7(6)12/h11H,4H2,1-3H3,(H2,9,10,12). The number of hydrogen-bond acceptors (Lipinski definition) is 2. The van der Waals surface area contributed by atoms with Crippen molar-refractivity contribution in [2.75, 3.05) is 0 Å². The summed E-state index contributed by atoms with van der Waals surface area (Å²) >= 11 is 0. The molecule has 0 unspecified atom stereocenters. The molecule has 1 heterocycles. The first kappa shape index (κ1) is 9.06. The van der Waals surface area contributed by atoms with Crippen molar-refractivity contribution >= 4 is 0 Å². The Morgan fingerprint density at radius 1 is 1.33 bits per heavy atom. The van der Waals surface area contributed by atoms with Crippen LogP contribution in [0.5, 0.6) is 0 Å². The molecule has 0 fully saturated rings. The molecule has 4 heteroatoms. The van der Waals surface area contributed by atoms with Crippen LogP contribution >= 0.6 is 0 Å². The number of nitrogens with one attached hydrogen (secondary N) is 2. The predicted molar refractivity (Wildman–Crippen MR) is 46.0 cm³/mol. The maximum Gasteiger partial charge on any atom is 0.267 e. The number of rotatable bonds is 1. The van der Waals surface area contributed by atoms with Crippen molar-refractivity contribution in [1.82, 2.24) is 10.2 Å². The molecule has 1 aromatic heterocycles. The van der Waals surface area contributed by atoms with E-state index < -0.39 is 0 Å². The average molecular weight is 170 g/mol. The largest absolute Gasteiger partial charge is 0.390 e. The van der Waals surface area contributed by atoms with Gasteiger partial charge in [-0.05, 0) is 5.41 Å². The fraction of sp³-hybridized carbons (Fsp3) is 0.625. The summed E-state index contributed by atoms with van der Waals surface area (Å²) in [6.45, 7) is 5.67. The third-order valence-electron chi connectivity index (χ3n) is 1.76. The SMILES string of the molecule is CC(C)(C)c1c(CO)[nH][nH]c1=O. The van der Waals surface area contributed by atoms with Crippen LogP contribution in [0.4, 0.5) is 0 Å². The van der Waals surface area contributed by atoms with E-state index in [0.717, 1.165) is 0 Å². The predicted octanol–water partition coefficient (Wildman–Crippen LogP) is 0.493. The molecule has 0 aliphatic carbocycles. The van der Waals surface area contributed by atoms with E-state index in [1.54, 1.807) is 0 Å². The molecule has 1 aromatic rings. The van der Waals surface area contributed by atoms with Gasteiger partial charge in [0.15, 0.2) is 0 Å². The van der Waals surface area contributed by atoms with E-state index in [-0.39, 0.29) is 17.6 Å². The Bertz CT molecular complexity index is 317. The third kappa shape index (κ3) is 1.43. The van der Waals surface area contributed by atoms with Gasteiger partial charge in [0.05, 0.1) is 12.3 Å². The zero-order valence-electron chi connectivity index (χ0n) is 7.56. The number of H-pyrrole nitrogens is 2. The summed E-state index contributed by atoms with van der Waals surface area (Å²) in [6.07, 6.45) is 0. The lowest BCUT2D eigenvalue weighted by Crippen LogP contribution is -2.22. The van der Waals surface area contributed by atoms with Crippen LogP contribution in [0.3, 0.4) is 0 Å². The summed E-state index contributed by atoms with van der Waals surface area (Å²) in [5.41, 5.74) is 0.829. The Morgan fingerprint density at radius 2 is 1.92 bits per heavy atom. The Balaban J connectivity index is 3.29. The lowest BCUT2D eigenvalue weighted by molar-refractivity contribution is 0.273. The minimum atomic E-state index is -0.231. The summed E-state index contributed by atoms with van der Waals surface area (Å²) in [5.74, 6) is 0. The number of hydrogen-bond donors (Lipinski definition) is 3. The maximum absolute atomic E-state index is 11.2. The highest BCUT2D eigenvalue weighted by Crippen LogP contribution is 2.20. The van der Waals surface area contributed by atoms with E-state index >= 15 is 0 Å². The molecular formula is C8H14N2O2. The van der Waals surface area contributed by atoms with Gasteiger partial charge in [0.25, 0.3) is 5.56 Å². The molecule has 68 valence electrons. The monoisotopic (exact) mass is 170 g/mol. The van der Waals surface area contributed by atoms with Crippen molar-refractivity contribution in [2.24, 2.45) is 0 Å². The van der Waals surface area contributed by atoms with Gasteiger partial charge < -0.3 is 5.11 Å². The van der Waals surface area contributed by atoms with Gasteiger partial charge in [-0.25, -0.2) is 0 Å². The first-order chi connectivity index (χ1) is 5.46. The molecule has 0 atom stereocenters. The van der Waals surface area contributed by atoms with Crippen LogP contribution in [0, 0.1) is 0 Å². The van der Waals surface area contributed by atoms with Crippen molar-refractivity contribution < 1.29 is 5.11 Å². The van der Waals surface area contributed by atoms with E-state index in [1.165, 1.54) is 0 Å². The normalized spacial score (nSPS) is 12.0. The summed E-state index contributed by atoms with van der Waals surface area (Å²) in [7, 11) is 0. The van der Waals surface area contributed by atoms with E-state index in [4.69, 9.17) is 5.11 Å². The first-order valence-electron chi connectivity index (χ1n) is 3.87. The van der Waals surface area contributed by atoms with Crippen LogP contribution in [0.2, 0.25) is 0 Å². The van der Waals surface area contributed by atoms with Gasteiger partial charge in [-0.15, -0.1) is 0 Å². The smallest absolute Gasteiger partial charge is 0.267 e. The number of aromatic nitrogens is 2. The molecule has 0 aromatic carbocycles. The Kier molecular flexibility index (Phi) is 2.10. The minimum absolute atomic E-state index is 0.134. The first-order valence-corrected chi connectivity index (χ1v) is 3.87. The topological polar surface area (TPSA) is 68.9 Å². The van der Waals surface area contributed by atoms with Gasteiger partial charge in [0.2, 0.25) is 0 Å².